The van der Waals surface area contributed by atoms with E-state index in [9.17, 15) is 8.78 Å². The number of fused-ring (bicyclic) bond motifs is 2. The number of likely N-dealkylation sites (tertiary alicyclic amines) is 1. The van der Waals surface area contributed by atoms with Crippen LogP contribution in [0.1, 0.15) is 12.2 Å². The Morgan fingerprint density at radius 2 is 2.03 bits per heavy atom. The Morgan fingerprint density at radius 3 is 2.73 bits per heavy atom. The summed E-state index contributed by atoms with van der Waals surface area (Å²) in [6.45, 7) is 3.70. The molecular weight excluding hydrogens is 487 g/mol. The largest absolute Gasteiger partial charge is 0.378 e. The summed E-state index contributed by atoms with van der Waals surface area (Å²) in [6, 6.07) is 3.24. The van der Waals surface area contributed by atoms with Crippen LogP contribution in [-0.2, 0) is 11.3 Å². The molecule has 2 N–H and O–H groups in total. The summed E-state index contributed by atoms with van der Waals surface area (Å²) in [5.41, 5.74) is 2.03. The van der Waals surface area contributed by atoms with Crippen LogP contribution in [0.2, 0.25) is 0 Å². The average Bonchev–Trinajstić information content (AvgIpc) is 3.34. The van der Waals surface area contributed by atoms with Crippen molar-refractivity contribution in [1.82, 2.24) is 34.0 Å². The molecule has 6 rings (SSSR count). The number of halogens is 3. The summed E-state index contributed by atoms with van der Waals surface area (Å²) in [7, 11) is 1.67. The molecule has 2 unspecified atom stereocenters. The Kier molecular flexibility index (Phi) is 6.11. The molecule has 10 nitrogen and oxygen atoms in total. The summed E-state index contributed by atoms with van der Waals surface area (Å²) < 4.78 is 51.7. The molecule has 2 saturated heterocycles. The van der Waals surface area contributed by atoms with E-state index in [-0.39, 0.29) is 24.1 Å². The topological polar surface area (TPSA) is 97.4 Å². The highest BCUT2D eigenvalue weighted by molar-refractivity contribution is 5.89. The van der Waals surface area contributed by atoms with Crippen LogP contribution in [0.4, 0.5) is 24.9 Å². The van der Waals surface area contributed by atoms with Gasteiger partial charge < -0.3 is 19.9 Å². The molecule has 13 heteroatoms. The second-order valence-electron chi connectivity index (χ2n) is 9.46. The number of aromatic nitrogens is 6. The van der Waals surface area contributed by atoms with Crippen LogP contribution in [0.25, 0.3) is 27.9 Å². The van der Waals surface area contributed by atoms with Gasteiger partial charge in [-0.2, -0.15) is 4.98 Å². The minimum Gasteiger partial charge on any atom is -0.378 e. The zero-order chi connectivity index (χ0) is 25.7. The number of piperidine rings is 1. The van der Waals surface area contributed by atoms with E-state index in [2.05, 4.69) is 35.6 Å². The first-order valence-electron chi connectivity index (χ1n) is 12.4. The lowest BCUT2D eigenvalue weighted by Gasteiger charge is -2.42. The number of hydrogen-bond donors (Lipinski definition) is 2. The Balaban J connectivity index is 1.33. The van der Waals surface area contributed by atoms with Crippen molar-refractivity contribution in [3.8, 4) is 11.3 Å². The fraction of sp³-hybridized carbons (Fsp3) is 0.500. The Labute approximate surface area is 210 Å². The minimum atomic E-state index is -1.10. The molecule has 0 aromatic carbocycles. The highest BCUT2D eigenvalue weighted by Gasteiger charge is 2.35. The lowest BCUT2D eigenvalue weighted by molar-refractivity contribution is -0.0794. The summed E-state index contributed by atoms with van der Waals surface area (Å²) in [5, 5.41) is 10.5. The van der Waals surface area contributed by atoms with Crippen molar-refractivity contribution in [3.63, 3.8) is 0 Å². The van der Waals surface area contributed by atoms with Gasteiger partial charge in [-0.25, -0.2) is 27.7 Å². The van der Waals surface area contributed by atoms with Crippen LogP contribution in [0.5, 0.6) is 0 Å². The number of aryl methyl sites for hydroxylation is 2. The lowest BCUT2D eigenvalue weighted by atomic mass is 10.0. The standard InChI is InChI=1S/C24H28F3N9O/c1-13-29-19-4-3-18(30-23(19)35(13)8-6-25)20-16(27)10-36-21(20)22(28-2)32-24(33-36)31-17-5-7-34(9-15(17)26)14-11-37-12-14/h3-4,10,14-15,17H,5-9,11-12H2,1-2H3,(H2,28,31,32,33). The lowest BCUT2D eigenvalue weighted by Crippen LogP contribution is -2.57. The van der Waals surface area contributed by atoms with E-state index in [1.54, 1.807) is 30.7 Å². The van der Waals surface area contributed by atoms with E-state index in [1.807, 2.05) is 0 Å². The number of ether oxygens (including phenoxy) is 1. The smallest absolute Gasteiger partial charge is 0.243 e. The molecule has 196 valence electrons. The number of imidazole rings is 1. The third-order valence-corrected chi connectivity index (χ3v) is 7.19. The normalized spacial score (nSPS) is 21.0. The van der Waals surface area contributed by atoms with Gasteiger partial charge in [-0.1, -0.05) is 0 Å². The molecule has 4 aromatic rings. The van der Waals surface area contributed by atoms with E-state index in [4.69, 9.17) is 4.74 Å². The number of anilines is 2. The van der Waals surface area contributed by atoms with Crippen molar-refractivity contribution in [1.29, 1.82) is 0 Å². The van der Waals surface area contributed by atoms with Gasteiger partial charge in [-0.15, -0.1) is 5.10 Å². The van der Waals surface area contributed by atoms with Crippen molar-refractivity contribution in [2.75, 3.05) is 50.7 Å². The molecule has 0 aliphatic carbocycles. The Morgan fingerprint density at radius 1 is 1.19 bits per heavy atom. The summed E-state index contributed by atoms with van der Waals surface area (Å²) in [5.74, 6) is 0.660. The van der Waals surface area contributed by atoms with Gasteiger partial charge >= 0.3 is 0 Å². The summed E-state index contributed by atoms with van der Waals surface area (Å²) in [4.78, 5) is 15.7. The summed E-state index contributed by atoms with van der Waals surface area (Å²) >= 11 is 0. The van der Waals surface area contributed by atoms with Crippen molar-refractivity contribution in [2.24, 2.45) is 0 Å². The van der Waals surface area contributed by atoms with Gasteiger partial charge in [-0.3, -0.25) is 4.90 Å². The van der Waals surface area contributed by atoms with Gasteiger partial charge in [-0.05, 0) is 25.5 Å². The van der Waals surface area contributed by atoms with Crippen molar-refractivity contribution >= 4 is 28.4 Å². The van der Waals surface area contributed by atoms with Crippen LogP contribution in [-0.4, -0.2) is 92.3 Å². The zero-order valence-corrected chi connectivity index (χ0v) is 20.6. The highest BCUT2D eigenvalue weighted by Crippen LogP contribution is 2.33. The van der Waals surface area contributed by atoms with E-state index in [0.717, 1.165) is 6.54 Å². The SMILES string of the molecule is CNc1nc(NC2CCN(C3COC3)CC2F)nn2cc(F)c(-c3ccc4nc(C)n(CCF)c4n3)c12. The van der Waals surface area contributed by atoms with Gasteiger partial charge in [0.25, 0.3) is 0 Å². The van der Waals surface area contributed by atoms with Crippen LogP contribution in [0.3, 0.4) is 0 Å². The summed E-state index contributed by atoms with van der Waals surface area (Å²) in [6.07, 6.45) is 0.743. The molecule has 0 amide bonds. The molecule has 2 atom stereocenters. The second-order valence-corrected chi connectivity index (χ2v) is 9.46. The second kappa shape index (κ2) is 9.45. The van der Waals surface area contributed by atoms with Gasteiger partial charge in [0.2, 0.25) is 5.95 Å². The van der Waals surface area contributed by atoms with Crippen molar-refractivity contribution < 1.29 is 17.9 Å². The molecule has 0 spiro atoms. The molecule has 0 radical (unpaired) electrons. The first-order valence-corrected chi connectivity index (χ1v) is 12.4. The van der Waals surface area contributed by atoms with Crippen LogP contribution in [0, 0.1) is 12.7 Å². The fourth-order valence-electron chi connectivity index (χ4n) is 5.16. The number of rotatable bonds is 7. The number of alkyl halides is 2. The monoisotopic (exact) mass is 515 g/mol. The molecule has 6 heterocycles. The molecule has 0 bridgehead atoms. The molecule has 0 saturated carbocycles. The van der Waals surface area contributed by atoms with Gasteiger partial charge in [0, 0.05) is 20.1 Å². The predicted octanol–water partition coefficient (Wildman–Crippen LogP) is 2.82. The third-order valence-electron chi connectivity index (χ3n) is 7.19. The van der Waals surface area contributed by atoms with E-state index in [0.29, 0.717) is 60.2 Å². The molecule has 2 fully saturated rings. The number of nitrogens with zero attached hydrogens (tertiary/aromatic N) is 7. The highest BCUT2D eigenvalue weighted by atomic mass is 19.1. The van der Waals surface area contributed by atoms with Crippen molar-refractivity contribution in [3.05, 3.63) is 30.0 Å². The van der Waals surface area contributed by atoms with Crippen LogP contribution in [0.15, 0.2) is 18.3 Å². The number of hydrogen-bond acceptors (Lipinski definition) is 8. The fourth-order valence-corrected chi connectivity index (χ4v) is 5.16. The van der Waals surface area contributed by atoms with Crippen molar-refractivity contribution in [2.45, 2.75) is 38.1 Å². The van der Waals surface area contributed by atoms with E-state index < -0.39 is 24.7 Å². The maximum Gasteiger partial charge on any atom is 0.243 e. The zero-order valence-electron chi connectivity index (χ0n) is 20.6. The van der Waals surface area contributed by atoms with Crippen LogP contribution >= 0.6 is 0 Å². The van der Waals surface area contributed by atoms with E-state index in [1.165, 1.54) is 10.7 Å². The molecular formula is C24H28F3N9O. The number of nitrogens with one attached hydrogen (secondary N) is 2. The predicted molar refractivity (Wildman–Crippen MR) is 133 cm³/mol. The average molecular weight is 516 g/mol. The van der Waals surface area contributed by atoms with Gasteiger partial charge in [0.05, 0.1) is 49.3 Å². The first kappa shape index (κ1) is 23.9. The minimum absolute atomic E-state index is 0.112. The van der Waals surface area contributed by atoms with Crippen LogP contribution < -0.4 is 10.6 Å². The first-order chi connectivity index (χ1) is 18.0. The maximum absolute atomic E-state index is 15.3. The quantitative estimate of drug-likeness (QED) is 0.388. The molecule has 37 heavy (non-hydrogen) atoms. The van der Waals surface area contributed by atoms with Gasteiger partial charge in [0.15, 0.2) is 17.3 Å². The van der Waals surface area contributed by atoms with Gasteiger partial charge in [0.1, 0.15) is 29.7 Å². The third kappa shape index (κ3) is 4.15. The maximum atomic E-state index is 15.3. The Hall–Kier alpha value is -3.45. The number of pyridine rings is 1. The molecule has 4 aromatic heterocycles. The molecule has 2 aliphatic rings. The Bertz CT molecular complexity index is 1450. The molecule has 2 aliphatic heterocycles. The van der Waals surface area contributed by atoms with E-state index >= 15 is 4.39 Å².